The summed E-state index contributed by atoms with van der Waals surface area (Å²) in [5.74, 6) is -4.58. The SMILES string of the molecule is Cc1c(F)c(S(C)(=O)=O)c(F)c(F)c1C(C)C. The Balaban J connectivity index is 3.84. The molecular weight excluding hydrogens is 253 g/mol. The van der Waals surface area contributed by atoms with Crippen LogP contribution in [0.2, 0.25) is 0 Å². The molecule has 0 aliphatic carbocycles. The second kappa shape index (κ2) is 4.33. The molecule has 6 heteroatoms. The van der Waals surface area contributed by atoms with Gasteiger partial charge in [-0.3, -0.25) is 0 Å². The van der Waals surface area contributed by atoms with Gasteiger partial charge in [0.1, 0.15) is 10.7 Å². The Morgan fingerprint density at radius 2 is 1.47 bits per heavy atom. The topological polar surface area (TPSA) is 34.1 Å². The summed E-state index contributed by atoms with van der Waals surface area (Å²) in [4.78, 5) is -1.20. The fraction of sp³-hybridized carbons (Fsp3) is 0.455. The maximum absolute atomic E-state index is 13.8. The molecule has 0 aliphatic heterocycles. The van der Waals surface area contributed by atoms with Crippen molar-refractivity contribution < 1.29 is 21.6 Å². The van der Waals surface area contributed by atoms with Gasteiger partial charge in [-0.2, -0.15) is 0 Å². The van der Waals surface area contributed by atoms with Crippen molar-refractivity contribution in [2.45, 2.75) is 31.6 Å². The fourth-order valence-corrected chi connectivity index (χ4v) is 2.67. The Bertz CT molecular complexity index is 534. The van der Waals surface area contributed by atoms with Crippen LogP contribution in [0.25, 0.3) is 0 Å². The molecule has 0 saturated carbocycles. The van der Waals surface area contributed by atoms with Crippen molar-refractivity contribution in [3.63, 3.8) is 0 Å². The van der Waals surface area contributed by atoms with E-state index in [0.29, 0.717) is 6.26 Å². The minimum absolute atomic E-state index is 0.132. The molecule has 0 unspecified atom stereocenters. The molecule has 0 aromatic heterocycles. The molecule has 0 heterocycles. The van der Waals surface area contributed by atoms with E-state index in [1.165, 1.54) is 6.92 Å². The highest BCUT2D eigenvalue weighted by molar-refractivity contribution is 7.90. The molecule has 0 fully saturated rings. The van der Waals surface area contributed by atoms with Crippen LogP contribution in [0.3, 0.4) is 0 Å². The first-order valence-electron chi connectivity index (χ1n) is 4.96. The second-order valence-electron chi connectivity index (χ2n) is 4.24. The van der Waals surface area contributed by atoms with Gasteiger partial charge in [0.15, 0.2) is 21.5 Å². The Labute approximate surface area is 98.4 Å². The van der Waals surface area contributed by atoms with E-state index in [9.17, 15) is 21.6 Å². The maximum atomic E-state index is 13.8. The normalized spacial score (nSPS) is 12.2. The minimum Gasteiger partial charge on any atom is -0.224 e. The van der Waals surface area contributed by atoms with Crippen LogP contribution >= 0.6 is 0 Å². The lowest BCUT2D eigenvalue weighted by molar-refractivity contribution is 0.443. The molecule has 0 atom stereocenters. The van der Waals surface area contributed by atoms with Gasteiger partial charge in [0, 0.05) is 6.26 Å². The molecule has 0 aliphatic rings. The summed E-state index contributed by atoms with van der Waals surface area (Å²) in [5.41, 5.74) is -0.299. The van der Waals surface area contributed by atoms with Crippen molar-refractivity contribution in [2.75, 3.05) is 6.26 Å². The predicted octanol–water partition coefficient (Wildman–Crippen LogP) is 2.94. The van der Waals surface area contributed by atoms with Gasteiger partial charge in [0.25, 0.3) is 0 Å². The molecule has 2 nitrogen and oxygen atoms in total. The number of hydrogen-bond acceptors (Lipinski definition) is 2. The molecule has 1 aromatic carbocycles. The molecule has 0 N–H and O–H groups in total. The first-order valence-corrected chi connectivity index (χ1v) is 6.85. The van der Waals surface area contributed by atoms with E-state index in [1.807, 2.05) is 0 Å². The summed E-state index contributed by atoms with van der Waals surface area (Å²) < 4.78 is 63.4. The van der Waals surface area contributed by atoms with Gasteiger partial charge < -0.3 is 0 Å². The van der Waals surface area contributed by atoms with Crippen LogP contribution < -0.4 is 0 Å². The molecular formula is C11H13F3O2S. The Hall–Kier alpha value is -1.04. The van der Waals surface area contributed by atoms with E-state index in [1.54, 1.807) is 13.8 Å². The van der Waals surface area contributed by atoms with E-state index >= 15 is 0 Å². The highest BCUT2D eigenvalue weighted by Gasteiger charge is 2.29. The molecule has 96 valence electrons. The van der Waals surface area contributed by atoms with Gasteiger partial charge in [0.05, 0.1) is 0 Å². The van der Waals surface area contributed by atoms with Gasteiger partial charge in [-0.1, -0.05) is 13.8 Å². The average Bonchev–Trinajstić information content (AvgIpc) is 2.12. The second-order valence-corrected chi connectivity index (χ2v) is 6.19. The van der Waals surface area contributed by atoms with E-state index < -0.39 is 38.1 Å². The standard InChI is InChI=1S/C11H13F3O2S/c1-5(2)7-6(3)8(12)11(17(4,15)16)10(14)9(7)13/h5H,1-4H3. The van der Waals surface area contributed by atoms with Crippen LogP contribution in [0, 0.1) is 24.4 Å². The Morgan fingerprint density at radius 1 is 1.00 bits per heavy atom. The highest BCUT2D eigenvalue weighted by Crippen LogP contribution is 2.31. The van der Waals surface area contributed by atoms with E-state index in [4.69, 9.17) is 0 Å². The third kappa shape index (κ3) is 2.31. The van der Waals surface area contributed by atoms with Crippen LogP contribution in [-0.4, -0.2) is 14.7 Å². The zero-order valence-electron chi connectivity index (χ0n) is 9.94. The lowest BCUT2D eigenvalue weighted by Crippen LogP contribution is -2.12. The highest BCUT2D eigenvalue weighted by atomic mass is 32.2. The van der Waals surface area contributed by atoms with Gasteiger partial charge in [0.2, 0.25) is 0 Å². The largest absolute Gasteiger partial charge is 0.224 e. The fourth-order valence-electron chi connectivity index (χ4n) is 1.78. The smallest absolute Gasteiger partial charge is 0.181 e. The molecule has 1 aromatic rings. The Kier molecular flexibility index (Phi) is 3.57. The number of benzene rings is 1. The molecule has 0 radical (unpaired) electrons. The van der Waals surface area contributed by atoms with Gasteiger partial charge in [-0.15, -0.1) is 0 Å². The summed E-state index contributed by atoms with van der Waals surface area (Å²) in [6.07, 6.45) is 0.641. The summed E-state index contributed by atoms with van der Waals surface area (Å²) in [7, 11) is -4.14. The lowest BCUT2D eigenvalue weighted by Gasteiger charge is -2.15. The quantitative estimate of drug-likeness (QED) is 0.771. The van der Waals surface area contributed by atoms with Crippen LogP contribution in [0.1, 0.15) is 30.9 Å². The van der Waals surface area contributed by atoms with Crippen LogP contribution in [0.5, 0.6) is 0 Å². The van der Waals surface area contributed by atoms with Crippen molar-refractivity contribution in [3.05, 3.63) is 28.6 Å². The van der Waals surface area contributed by atoms with Crippen molar-refractivity contribution >= 4 is 9.84 Å². The maximum Gasteiger partial charge on any atom is 0.181 e. The number of halogens is 3. The average molecular weight is 266 g/mol. The third-order valence-corrected chi connectivity index (χ3v) is 3.61. The van der Waals surface area contributed by atoms with Crippen LogP contribution in [0.4, 0.5) is 13.2 Å². The zero-order chi connectivity index (χ0) is 13.5. The van der Waals surface area contributed by atoms with Crippen molar-refractivity contribution in [1.82, 2.24) is 0 Å². The summed E-state index contributed by atoms with van der Waals surface area (Å²) in [5, 5.41) is 0. The first-order chi connectivity index (χ1) is 7.59. The molecule has 0 bridgehead atoms. The summed E-state index contributed by atoms with van der Waals surface area (Å²) >= 11 is 0. The summed E-state index contributed by atoms with van der Waals surface area (Å²) in [6, 6.07) is 0. The number of sulfone groups is 1. The molecule has 0 amide bonds. The van der Waals surface area contributed by atoms with E-state index in [0.717, 1.165) is 0 Å². The monoisotopic (exact) mass is 266 g/mol. The van der Waals surface area contributed by atoms with Crippen LogP contribution in [-0.2, 0) is 9.84 Å². The first kappa shape index (κ1) is 14.0. The predicted molar refractivity (Wildman–Crippen MR) is 58.3 cm³/mol. The van der Waals surface area contributed by atoms with Gasteiger partial charge >= 0.3 is 0 Å². The minimum atomic E-state index is -4.14. The van der Waals surface area contributed by atoms with Crippen molar-refractivity contribution in [3.8, 4) is 0 Å². The van der Waals surface area contributed by atoms with Crippen LogP contribution in [0.15, 0.2) is 4.90 Å². The number of rotatable bonds is 2. The Morgan fingerprint density at radius 3 is 1.82 bits per heavy atom. The van der Waals surface area contributed by atoms with Crippen molar-refractivity contribution in [1.29, 1.82) is 0 Å². The third-order valence-electron chi connectivity index (χ3n) is 2.51. The molecule has 17 heavy (non-hydrogen) atoms. The van der Waals surface area contributed by atoms with E-state index in [-0.39, 0.29) is 11.1 Å². The van der Waals surface area contributed by atoms with E-state index in [2.05, 4.69) is 0 Å². The molecule has 0 spiro atoms. The van der Waals surface area contributed by atoms with Gasteiger partial charge in [-0.25, -0.2) is 21.6 Å². The number of hydrogen-bond donors (Lipinski definition) is 0. The molecule has 0 saturated heterocycles. The van der Waals surface area contributed by atoms with Gasteiger partial charge in [-0.05, 0) is 24.0 Å². The molecule has 1 rings (SSSR count). The zero-order valence-corrected chi connectivity index (χ0v) is 10.8. The lowest BCUT2D eigenvalue weighted by atomic mass is 9.96. The van der Waals surface area contributed by atoms with Crippen molar-refractivity contribution in [2.24, 2.45) is 0 Å². The summed E-state index contributed by atoms with van der Waals surface area (Å²) in [6.45, 7) is 4.39.